The number of nitrogens with one attached hydrogen (secondary N) is 1. The molecule has 1 aromatic carbocycles. The Kier molecular flexibility index (Phi) is 5.79. The van der Waals surface area contributed by atoms with Crippen molar-refractivity contribution in [2.24, 2.45) is 0 Å². The van der Waals surface area contributed by atoms with Crippen molar-refractivity contribution in [3.05, 3.63) is 24.3 Å². The van der Waals surface area contributed by atoms with Crippen molar-refractivity contribution < 1.29 is 18.0 Å². The van der Waals surface area contributed by atoms with Crippen LogP contribution in [0.1, 0.15) is 45.1 Å². The first-order chi connectivity index (χ1) is 12.3. The molecule has 1 aromatic heterocycles. The molecule has 1 aliphatic rings. The molecule has 142 valence electrons. The van der Waals surface area contributed by atoms with Gasteiger partial charge in [-0.25, -0.2) is 4.98 Å². The summed E-state index contributed by atoms with van der Waals surface area (Å²) in [4.78, 5) is 16.7. The Morgan fingerprint density at radius 3 is 2.69 bits per heavy atom. The Bertz CT molecular complexity index is 769. The molecule has 8 heteroatoms. The fourth-order valence-corrected chi connectivity index (χ4v) is 4.36. The standard InChI is InChI=1S/C18H22F3N3OS/c1-12(16(25)22-11-18(19,20)21)26-17-23-14-9-5-6-10-15(14)24(17)13-7-3-2-4-8-13/h5-6,9-10,12-13H,2-4,7-8,11H2,1H3,(H,22,25). The minimum absolute atomic E-state index is 0.323. The maximum absolute atomic E-state index is 12.3. The fraction of sp³-hybridized carbons (Fsp3) is 0.556. The number of fused-ring (bicyclic) bond motifs is 1. The SMILES string of the molecule is CC(Sc1nc2ccccc2n1C1CCCCC1)C(=O)NCC(F)(F)F. The van der Waals surface area contributed by atoms with Crippen LogP contribution >= 0.6 is 11.8 Å². The minimum atomic E-state index is -4.41. The van der Waals surface area contributed by atoms with E-state index in [1.165, 1.54) is 18.2 Å². The topological polar surface area (TPSA) is 46.9 Å². The highest BCUT2D eigenvalue weighted by atomic mass is 32.2. The van der Waals surface area contributed by atoms with Crippen LogP contribution in [0.2, 0.25) is 0 Å². The van der Waals surface area contributed by atoms with Crippen LogP contribution in [0.4, 0.5) is 13.2 Å². The lowest BCUT2D eigenvalue weighted by Gasteiger charge is -2.25. The second-order valence-corrected chi connectivity index (χ2v) is 7.95. The molecule has 1 atom stereocenters. The van der Waals surface area contributed by atoms with E-state index < -0.39 is 23.9 Å². The van der Waals surface area contributed by atoms with Gasteiger partial charge in [-0.15, -0.1) is 0 Å². The molecule has 4 nitrogen and oxygen atoms in total. The Hall–Kier alpha value is -1.70. The molecule has 1 aliphatic carbocycles. The van der Waals surface area contributed by atoms with E-state index in [2.05, 4.69) is 9.55 Å². The van der Waals surface area contributed by atoms with E-state index in [-0.39, 0.29) is 0 Å². The Labute approximate surface area is 154 Å². The normalized spacial score (nSPS) is 17.4. The molecular weight excluding hydrogens is 363 g/mol. The number of rotatable bonds is 5. The Morgan fingerprint density at radius 2 is 2.00 bits per heavy atom. The molecule has 26 heavy (non-hydrogen) atoms. The zero-order valence-corrected chi connectivity index (χ0v) is 15.4. The molecule has 0 saturated heterocycles. The van der Waals surface area contributed by atoms with Gasteiger partial charge < -0.3 is 9.88 Å². The lowest BCUT2D eigenvalue weighted by Crippen LogP contribution is -2.38. The number of thioether (sulfide) groups is 1. The smallest absolute Gasteiger partial charge is 0.346 e. The predicted molar refractivity (Wildman–Crippen MR) is 96.2 cm³/mol. The predicted octanol–water partition coefficient (Wildman–Crippen LogP) is 4.70. The van der Waals surface area contributed by atoms with Crippen molar-refractivity contribution in [1.82, 2.24) is 14.9 Å². The third kappa shape index (κ3) is 4.52. The van der Waals surface area contributed by atoms with E-state index in [9.17, 15) is 18.0 Å². The molecule has 1 heterocycles. The van der Waals surface area contributed by atoms with Crippen molar-refractivity contribution in [3.8, 4) is 0 Å². The van der Waals surface area contributed by atoms with Gasteiger partial charge in [0.1, 0.15) is 6.54 Å². The third-order valence-electron chi connectivity index (χ3n) is 4.62. The van der Waals surface area contributed by atoms with E-state index in [0.29, 0.717) is 11.2 Å². The van der Waals surface area contributed by atoms with Gasteiger partial charge in [-0.3, -0.25) is 4.79 Å². The summed E-state index contributed by atoms with van der Waals surface area (Å²) in [6.45, 7) is 0.302. The molecule has 2 aromatic rings. The highest BCUT2D eigenvalue weighted by molar-refractivity contribution is 8.00. The summed E-state index contributed by atoms with van der Waals surface area (Å²) in [6.07, 6.45) is 1.24. The fourth-order valence-electron chi connectivity index (χ4n) is 3.34. The quantitative estimate of drug-likeness (QED) is 0.759. The lowest BCUT2D eigenvalue weighted by molar-refractivity contribution is -0.137. The second kappa shape index (κ2) is 7.90. The number of imidazole rings is 1. The van der Waals surface area contributed by atoms with Gasteiger partial charge in [0.2, 0.25) is 5.91 Å². The van der Waals surface area contributed by atoms with Crippen molar-refractivity contribution in [1.29, 1.82) is 0 Å². The van der Waals surface area contributed by atoms with Crippen molar-refractivity contribution in [2.45, 2.75) is 61.7 Å². The number of carbonyl (C=O) groups excluding carboxylic acids is 1. The van der Waals surface area contributed by atoms with E-state index >= 15 is 0 Å². The number of amides is 1. The van der Waals surface area contributed by atoms with Crippen LogP contribution in [0.15, 0.2) is 29.4 Å². The van der Waals surface area contributed by atoms with Gasteiger partial charge in [0, 0.05) is 6.04 Å². The van der Waals surface area contributed by atoms with Crippen LogP contribution < -0.4 is 5.32 Å². The van der Waals surface area contributed by atoms with Gasteiger partial charge in [-0.2, -0.15) is 13.2 Å². The molecule has 1 fully saturated rings. The van der Waals surface area contributed by atoms with Crippen molar-refractivity contribution in [2.75, 3.05) is 6.54 Å². The highest BCUT2D eigenvalue weighted by Gasteiger charge is 2.30. The summed E-state index contributed by atoms with van der Waals surface area (Å²) < 4.78 is 39.1. The summed E-state index contributed by atoms with van der Waals surface area (Å²) in [5.74, 6) is -0.630. The van der Waals surface area contributed by atoms with Gasteiger partial charge >= 0.3 is 6.18 Å². The molecule has 1 N–H and O–H groups in total. The minimum Gasteiger partial charge on any atom is -0.346 e. The van der Waals surface area contributed by atoms with Gasteiger partial charge in [0.25, 0.3) is 0 Å². The maximum Gasteiger partial charge on any atom is 0.405 e. The molecule has 0 spiro atoms. The molecular formula is C18H22F3N3OS. The average Bonchev–Trinajstić information content (AvgIpc) is 2.97. The van der Waals surface area contributed by atoms with Crippen LogP contribution in [-0.4, -0.2) is 33.4 Å². The molecule has 0 radical (unpaired) electrons. The molecule has 1 unspecified atom stereocenters. The number of carbonyl (C=O) groups is 1. The average molecular weight is 385 g/mol. The van der Waals surface area contributed by atoms with Crippen LogP contribution in [0.3, 0.4) is 0 Å². The van der Waals surface area contributed by atoms with Gasteiger partial charge in [0.15, 0.2) is 5.16 Å². The molecule has 0 bridgehead atoms. The Balaban J connectivity index is 1.81. The first kappa shape index (κ1) is 19.1. The summed E-state index contributed by atoms with van der Waals surface area (Å²) in [7, 11) is 0. The maximum atomic E-state index is 12.3. The number of halogens is 3. The van der Waals surface area contributed by atoms with Crippen molar-refractivity contribution >= 4 is 28.7 Å². The Morgan fingerprint density at radius 1 is 1.31 bits per heavy atom. The van der Waals surface area contributed by atoms with Crippen LogP contribution in [0.5, 0.6) is 0 Å². The first-order valence-electron chi connectivity index (χ1n) is 8.83. The number of hydrogen-bond acceptors (Lipinski definition) is 3. The zero-order chi connectivity index (χ0) is 18.7. The van der Waals surface area contributed by atoms with Crippen LogP contribution in [0, 0.1) is 0 Å². The van der Waals surface area contributed by atoms with Gasteiger partial charge in [0.05, 0.1) is 16.3 Å². The number of alkyl halides is 3. The summed E-state index contributed by atoms with van der Waals surface area (Å²) >= 11 is 1.22. The monoisotopic (exact) mass is 385 g/mol. The summed E-state index contributed by atoms with van der Waals surface area (Å²) in [5.41, 5.74) is 1.87. The number of para-hydroxylation sites is 2. The summed E-state index contributed by atoms with van der Waals surface area (Å²) in [6, 6.07) is 8.12. The van der Waals surface area contributed by atoms with Gasteiger partial charge in [-0.05, 0) is 31.9 Å². The van der Waals surface area contributed by atoms with E-state index in [4.69, 9.17) is 0 Å². The summed E-state index contributed by atoms with van der Waals surface area (Å²) in [5, 5.41) is 2.00. The number of hydrogen-bond donors (Lipinski definition) is 1. The van der Waals surface area contributed by atoms with Crippen LogP contribution in [-0.2, 0) is 4.79 Å². The molecule has 0 aliphatic heterocycles. The van der Waals surface area contributed by atoms with Crippen LogP contribution in [0.25, 0.3) is 11.0 Å². The highest BCUT2D eigenvalue weighted by Crippen LogP contribution is 2.36. The molecule has 1 saturated carbocycles. The lowest BCUT2D eigenvalue weighted by atomic mass is 9.95. The van der Waals surface area contributed by atoms with Crippen molar-refractivity contribution in [3.63, 3.8) is 0 Å². The number of benzene rings is 1. The molecule has 3 rings (SSSR count). The number of nitrogens with zero attached hydrogens (tertiary/aromatic N) is 2. The van der Waals surface area contributed by atoms with E-state index in [1.807, 2.05) is 29.6 Å². The molecule has 1 amide bonds. The first-order valence-corrected chi connectivity index (χ1v) is 9.71. The third-order valence-corrected chi connectivity index (χ3v) is 5.68. The second-order valence-electron chi connectivity index (χ2n) is 6.64. The number of aromatic nitrogens is 2. The van der Waals surface area contributed by atoms with E-state index in [0.717, 1.165) is 36.7 Å². The zero-order valence-electron chi connectivity index (χ0n) is 14.6. The largest absolute Gasteiger partial charge is 0.405 e. The van der Waals surface area contributed by atoms with Gasteiger partial charge in [-0.1, -0.05) is 43.2 Å². The van der Waals surface area contributed by atoms with E-state index in [1.54, 1.807) is 6.92 Å².